The van der Waals surface area contributed by atoms with Gasteiger partial charge in [-0.05, 0) is 0 Å². The summed E-state index contributed by atoms with van der Waals surface area (Å²) in [5, 5.41) is 0.136. The summed E-state index contributed by atoms with van der Waals surface area (Å²) in [6.07, 6.45) is 1.29. The molecule has 5 heteroatoms. The molecular weight excluding hydrogens is 164 g/mol. The van der Waals surface area contributed by atoms with Crippen LogP contribution in [0.25, 0.3) is 0 Å². The lowest BCUT2D eigenvalue weighted by Gasteiger charge is -1.82. The zero-order valence-corrected chi connectivity index (χ0v) is 6.35. The van der Waals surface area contributed by atoms with Crippen LogP contribution in [0.1, 0.15) is 19.5 Å². The molecule has 0 saturated heterocycles. The van der Waals surface area contributed by atoms with Crippen LogP contribution in [0.5, 0.6) is 0 Å². The van der Waals surface area contributed by atoms with Crippen LogP contribution in [-0.2, 0) is 0 Å². The molecule has 1 heterocycles. The van der Waals surface area contributed by atoms with Crippen LogP contribution >= 0.6 is 11.3 Å². The number of nitrogens with zero attached hydrogens (tertiary/aromatic N) is 1. The first-order valence-corrected chi connectivity index (χ1v) is 3.55. The summed E-state index contributed by atoms with van der Waals surface area (Å²) >= 11 is 0.951. The smallest absolute Gasteiger partial charge is 0.277 e. The molecule has 1 aromatic heterocycles. The minimum Gasteiger partial charge on any atom is -0.364 e. The first-order chi connectivity index (χ1) is 5.11. The number of aromatic nitrogens is 1. The van der Waals surface area contributed by atoms with E-state index in [1.165, 1.54) is 6.20 Å². The third-order valence-electron chi connectivity index (χ3n) is 0.991. The summed E-state index contributed by atoms with van der Waals surface area (Å²) in [4.78, 5) is 25.0. The summed E-state index contributed by atoms with van der Waals surface area (Å²) in [7, 11) is 0. The van der Waals surface area contributed by atoms with Crippen molar-refractivity contribution in [2.45, 2.75) is 0 Å². The lowest BCUT2D eigenvalue weighted by Crippen LogP contribution is -2.09. The molecule has 11 heavy (non-hydrogen) atoms. The highest BCUT2D eigenvalue weighted by atomic mass is 32.1. The van der Waals surface area contributed by atoms with Gasteiger partial charge in [0.25, 0.3) is 5.91 Å². The molecule has 1 aromatic rings. The Bertz CT molecular complexity index is 277. The van der Waals surface area contributed by atoms with E-state index in [1.807, 2.05) is 0 Å². The number of hydrogen-bond donors (Lipinski definition) is 1. The molecule has 4 nitrogen and oxygen atoms in total. The van der Waals surface area contributed by atoms with Crippen molar-refractivity contribution >= 4 is 23.0 Å². The van der Waals surface area contributed by atoms with Gasteiger partial charge in [-0.25, -0.2) is 4.98 Å². The van der Waals surface area contributed by atoms with Crippen molar-refractivity contribution in [1.82, 2.24) is 4.98 Å². The Morgan fingerprint density at radius 3 is 2.55 bits per heavy atom. The second kappa shape index (κ2) is 2.79. The lowest BCUT2D eigenvalue weighted by molar-refractivity contribution is 0.0998. The maximum absolute atomic E-state index is 10.6. The van der Waals surface area contributed by atoms with Crippen molar-refractivity contribution in [3.05, 3.63) is 23.0 Å². The van der Waals surface area contributed by atoms with Crippen LogP contribution < -0.4 is 5.73 Å². The van der Waals surface area contributed by atoms with Gasteiger partial charge in [0.1, 0.15) is 0 Å². The van der Waals surface area contributed by atoms with Gasteiger partial charge in [-0.15, -0.1) is 11.3 Å². The van der Waals surface area contributed by atoms with Crippen LogP contribution in [0.3, 0.4) is 0 Å². The zero-order valence-electron chi connectivity index (χ0n) is 5.53. The number of carbonyl (C=O) groups excluding carboxylic acids is 2. The van der Waals surface area contributed by atoms with Gasteiger partial charge in [0.15, 0.2) is 10.8 Å². The minimum atomic E-state index is -0.623. The van der Waals surface area contributed by atoms with E-state index in [-0.39, 0.29) is 10.8 Å². The third-order valence-corrected chi connectivity index (χ3v) is 2.04. The van der Waals surface area contributed by atoms with Crippen molar-refractivity contribution in [2.75, 3.05) is 0 Å². The Hall–Kier alpha value is -1.23. The second-order valence-corrected chi connectivity index (χ2v) is 2.85. The SMILES string of the molecule is [CH2]C(=O)c1cnc(C(N)=O)s1. The van der Waals surface area contributed by atoms with Crippen LogP contribution in [0, 0.1) is 6.92 Å². The van der Waals surface area contributed by atoms with Crippen molar-refractivity contribution < 1.29 is 9.59 Å². The Morgan fingerprint density at radius 2 is 2.27 bits per heavy atom. The number of nitrogens with two attached hydrogens (primary N) is 1. The van der Waals surface area contributed by atoms with E-state index in [1.54, 1.807) is 0 Å². The largest absolute Gasteiger partial charge is 0.364 e. The highest BCUT2D eigenvalue weighted by Crippen LogP contribution is 2.11. The number of hydrogen-bond acceptors (Lipinski definition) is 4. The van der Waals surface area contributed by atoms with Crippen molar-refractivity contribution in [3.63, 3.8) is 0 Å². The van der Waals surface area contributed by atoms with Crippen LogP contribution in [0.15, 0.2) is 6.20 Å². The third kappa shape index (κ3) is 1.62. The van der Waals surface area contributed by atoms with E-state index in [4.69, 9.17) is 5.73 Å². The molecule has 0 aliphatic rings. The van der Waals surface area contributed by atoms with E-state index in [0.717, 1.165) is 11.3 Å². The molecule has 0 fully saturated rings. The van der Waals surface area contributed by atoms with Gasteiger partial charge < -0.3 is 5.73 Å². The standard InChI is InChI=1S/C6H5N2O2S/c1-3(9)4-2-8-6(11-4)5(7)10/h2H,1H2,(H2,7,10). The first-order valence-electron chi connectivity index (χ1n) is 2.73. The number of ketones is 1. The van der Waals surface area contributed by atoms with Gasteiger partial charge in [0.2, 0.25) is 0 Å². The molecule has 2 N–H and O–H groups in total. The number of rotatable bonds is 2. The summed E-state index contributed by atoms with van der Waals surface area (Å²) in [6.45, 7) is 3.16. The van der Waals surface area contributed by atoms with E-state index in [9.17, 15) is 9.59 Å². The van der Waals surface area contributed by atoms with E-state index in [0.29, 0.717) is 4.88 Å². The number of carbonyl (C=O) groups is 2. The number of amides is 1. The Labute approximate surface area is 67.0 Å². The van der Waals surface area contributed by atoms with Crippen molar-refractivity contribution in [2.24, 2.45) is 5.73 Å². The van der Waals surface area contributed by atoms with Gasteiger partial charge >= 0.3 is 0 Å². The molecule has 0 bridgehead atoms. The topological polar surface area (TPSA) is 73.1 Å². The van der Waals surface area contributed by atoms with E-state index in [2.05, 4.69) is 11.9 Å². The van der Waals surface area contributed by atoms with E-state index >= 15 is 0 Å². The molecule has 0 aromatic carbocycles. The van der Waals surface area contributed by atoms with Crippen LogP contribution in [-0.4, -0.2) is 16.7 Å². The normalized spacial score (nSPS) is 9.55. The maximum Gasteiger partial charge on any atom is 0.277 e. The number of primary amides is 1. The van der Waals surface area contributed by atoms with Gasteiger partial charge in [0, 0.05) is 13.1 Å². The summed E-state index contributed by atoms with van der Waals surface area (Å²) in [5.74, 6) is -0.975. The quantitative estimate of drug-likeness (QED) is 0.645. The molecule has 1 radical (unpaired) electrons. The average Bonchev–Trinajstić information content (AvgIpc) is 2.33. The first kappa shape index (κ1) is 7.87. The summed E-state index contributed by atoms with van der Waals surface area (Å²) in [6, 6.07) is 0. The lowest BCUT2D eigenvalue weighted by atomic mass is 10.4. The molecular formula is C6H5N2O2S. The maximum atomic E-state index is 10.6. The highest BCUT2D eigenvalue weighted by Gasteiger charge is 2.09. The number of Topliss-reactive ketones (excluding diaryl/α,β-unsaturated/α-hetero) is 1. The zero-order chi connectivity index (χ0) is 8.43. The molecule has 57 valence electrons. The van der Waals surface area contributed by atoms with Crippen LogP contribution in [0.2, 0.25) is 0 Å². The Kier molecular flexibility index (Phi) is 2.00. The molecule has 0 spiro atoms. The molecule has 1 amide bonds. The van der Waals surface area contributed by atoms with Gasteiger partial charge in [-0.3, -0.25) is 9.59 Å². The predicted molar refractivity (Wildman–Crippen MR) is 40.3 cm³/mol. The summed E-state index contributed by atoms with van der Waals surface area (Å²) in [5.41, 5.74) is 4.90. The monoisotopic (exact) mass is 169 g/mol. The minimum absolute atomic E-state index is 0.136. The predicted octanol–water partition coefficient (Wildman–Crippen LogP) is 0.259. The van der Waals surface area contributed by atoms with Gasteiger partial charge in [0.05, 0.1) is 4.88 Å². The van der Waals surface area contributed by atoms with E-state index < -0.39 is 5.91 Å². The average molecular weight is 169 g/mol. The molecule has 0 aliphatic carbocycles. The fourth-order valence-electron chi connectivity index (χ4n) is 0.517. The van der Waals surface area contributed by atoms with Gasteiger partial charge in [-0.2, -0.15) is 0 Å². The second-order valence-electron chi connectivity index (χ2n) is 1.82. The molecule has 0 aliphatic heterocycles. The van der Waals surface area contributed by atoms with Crippen molar-refractivity contribution in [1.29, 1.82) is 0 Å². The number of thiazole rings is 1. The molecule has 1 rings (SSSR count). The van der Waals surface area contributed by atoms with Crippen molar-refractivity contribution in [3.8, 4) is 0 Å². The van der Waals surface area contributed by atoms with Crippen LogP contribution in [0.4, 0.5) is 0 Å². The molecule has 0 unspecified atom stereocenters. The molecule has 0 saturated carbocycles. The fourth-order valence-corrected chi connectivity index (χ4v) is 1.15. The fraction of sp³-hybridized carbons (Fsp3) is 0. The Morgan fingerprint density at radius 1 is 1.64 bits per heavy atom. The Balaban J connectivity index is 2.99. The highest BCUT2D eigenvalue weighted by molar-refractivity contribution is 7.15. The van der Waals surface area contributed by atoms with Gasteiger partial charge in [-0.1, -0.05) is 0 Å². The molecule has 0 atom stereocenters. The summed E-state index contributed by atoms with van der Waals surface area (Å²) < 4.78 is 0.